The Morgan fingerprint density at radius 2 is 1.91 bits per heavy atom. The Hall–Kier alpha value is -1.91. The normalized spacial score (nSPS) is 15.5. The first-order valence-corrected chi connectivity index (χ1v) is 7.81. The molecule has 0 saturated carbocycles. The van der Waals surface area contributed by atoms with E-state index in [2.05, 4.69) is 11.9 Å². The minimum Gasteiger partial charge on any atom is -0.346 e. The zero-order valence-corrected chi connectivity index (χ0v) is 13.7. The number of hydrogen-bond acceptors (Lipinski definition) is 3. The number of ketones is 1. The molecular weight excluding hydrogens is 280 g/mol. The molecule has 1 aliphatic rings. The maximum absolute atomic E-state index is 11.8. The Morgan fingerprint density at radius 1 is 1.23 bits per heavy atom. The maximum atomic E-state index is 11.8. The summed E-state index contributed by atoms with van der Waals surface area (Å²) >= 11 is 0. The highest BCUT2D eigenvalue weighted by Gasteiger charge is 2.20. The molecule has 0 fully saturated rings. The highest BCUT2D eigenvalue weighted by Crippen LogP contribution is 2.14. The molecule has 0 aromatic carbocycles. The molecule has 5 nitrogen and oxygen atoms in total. The zero-order valence-electron chi connectivity index (χ0n) is 13.7. The van der Waals surface area contributed by atoms with Gasteiger partial charge < -0.3 is 10.2 Å². The third-order valence-electron chi connectivity index (χ3n) is 3.74. The zero-order chi connectivity index (χ0) is 16.7. The number of unbranched alkanes of at least 4 members (excludes halogenated alkanes) is 2. The summed E-state index contributed by atoms with van der Waals surface area (Å²) in [5.74, 6) is -0.0238. The number of Topliss-reactive ketones (excluding diaryl/α,β-unsaturated/α-hetero) is 1. The number of carbonyl (C=O) groups excluding carboxylic acids is 3. The Morgan fingerprint density at radius 3 is 2.41 bits per heavy atom. The van der Waals surface area contributed by atoms with E-state index in [0.29, 0.717) is 13.0 Å². The lowest BCUT2D eigenvalue weighted by Crippen LogP contribution is -2.43. The van der Waals surface area contributed by atoms with Crippen LogP contribution in [-0.4, -0.2) is 35.1 Å². The molecule has 2 amide bonds. The molecule has 0 spiro atoms. The molecular formula is C17H26N2O3. The van der Waals surface area contributed by atoms with Gasteiger partial charge in [0.1, 0.15) is 0 Å². The number of hydrogen-bond donors (Lipinski definition) is 1. The van der Waals surface area contributed by atoms with E-state index in [1.165, 1.54) is 13.0 Å². The van der Waals surface area contributed by atoms with Gasteiger partial charge in [0.25, 0.3) is 5.91 Å². The van der Waals surface area contributed by atoms with Crippen LogP contribution in [0.15, 0.2) is 24.4 Å². The summed E-state index contributed by atoms with van der Waals surface area (Å²) in [6.45, 7) is 9.77. The average molecular weight is 306 g/mol. The molecule has 1 atom stereocenters. The Bertz CT molecular complexity index is 462. The number of nitrogens with zero attached hydrogens (tertiary/aromatic N) is 1. The quantitative estimate of drug-likeness (QED) is 0.664. The average Bonchev–Trinajstić information content (AvgIpc) is 2.75. The van der Waals surface area contributed by atoms with Gasteiger partial charge in [-0.15, -0.1) is 0 Å². The van der Waals surface area contributed by atoms with Crippen LogP contribution < -0.4 is 5.32 Å². The highest BCUT2D eigenvalue weighted by molar-refractivity contribution is 5.93. The molecule has 5 heteroatoms. The summed E-state index contributed by atoms with van der Waals surface area (Å²) in [7, 11) is 0. The highest BCUT2D eigenvalue weighted by atomic mass is 16.2. The second-order valence-electron chi connectivity index (χ2n) is 6.03. The van der Waals surface area contributed by atoms with Crippen LogP contribution in [0.25, 0.3) is 0 Å². The van der Waals surface area contributed by atoms with Gasteiger partial charge in [0.15, 0.2) is 5.78 Å². The Balaban J connectivity index is 2.19. The van der Waals surface area contributed by atoms with Gasteiger partial charge in [-0.05, 0) is 31.8 Å². The largest absolute Gasteiger partial charge is 0.346 e. The van der Waals surface area contributed by atoms with E-state index in [9.17, 15) is 14.4 Å². The van der Waals surface area contributed by atoms with Gasteiger partial charge in [0, 0.05) is 24.7 Å². The number of amides is 2. The van der Waals surface area contributed by atoms with Crippen LogP contribution in [0, 0.1) is 5.92 Å². The summed E-state index contributed by atoms with van der Waals surface area (Å²) in [5.41, 5.74) is 0.726. The predicted molar refractivity (Wildman–Crippen MR) is 85.9 cm³/mol. The standard InChI is InChI=1S/C17H26N2O3/c1-12(2)17(14(4)20)18-15(21)8-6-5-7-11-19-13(3)9-10-16(19)22/h9-10,12,17H,3,5-8,11H2,1-2,4H3,(H,18,21). The third kappa shape index (κ3) is 5.47. The summed E-state index contributed by atoms with van der Waals surface area (Å²) in [6, 6.07) is -0.399. The van der Waals surface area contributed by atoms with E-state index >= 15 is 0 Å². The van der Waals surface area contributed by atoms with Crippen molar-refractivity contribution in [3.8, 4) is 0 Å². The second kappa shape index (κ2) is 8.51. The fraction of sp³-hybridized carbons (Fsp3) is 0.588. The minimum absolute atomic E-state index is 0.0121. The van der Waals surface area contributed by atoms with Crippen molar-refractivity contribution in [3.05, 3.63) is 24.4 Å². The van der Waals surface area contributed by atoms with Crippen LogP contribution in [0.2, 0.25) is 0 Å². The van der Waals surface area contributed by atoms with Crippen molar-refractivity contribution < 1.29 is 14.4 Å². The first kappa shape index (κ1) is 18.1. The van der Waals surface area contributed by atoms with E-state index in [1.807, 2.05) is 13.8 Å². The summed E-state index contributed by atoms with van der Waals surface area (Å²) in [5, 5.41) is 2.78. The van der Waals surface area contributed by atoms with Gasteiger partial charge in [0.2, 0.25) is 5.91 Å². The smallest absolute Gasteiger partial charge is 0.251 e. The molecule has 22 heavy (non-hydrogen) atoms. The molecule has 0 aromatic heterocycles. The van der Waals surface area contributed by atoms with Gasteiger partial charge in [-0.3, -0.25) is 14.4 Å². The van der Waals surface area contributed by atoms with Crippen LogP contribution in [0.5, 0.6) is 0 Å². The van der Waals surface area contributed by atoms with Gasteiger partial charge >= 0.3 is 0 Å². The first-order chi connectivity index (χ1) is 10.3. The summed E-state index contributed by atoms with van der Waals surface area (Å²) in [4.78, 5) is 36.4. The molecule has 0 aromatic rings. The van der Waals surface area contributed by atoms with Gasteiger partial charge in [-0.1, -0.05) is 26.8 Å². The molecule has 122 valence electrons. The summed E-state index contributed by atoms with van der Waals surface area (Å²) < 4.78 is 0. The fourth-order valence-electron chi connectivity index (χ4n) is 2.46. The molecule has 1 N–H and O–H groups in total. The van der Waals surface area contributed by atoms with Crippen molar-refractivity contribution in [1.82, 2.24) is 10.2 Å². The lowest BCUT2D eigenvalue weighted by Gasteiger charge is -2.19. The van der Waals surface area contributed by atoms with Crippen LogP contribution in [0.3, 0.4) is 0 Å². The molecule has 0 aliphatic carbocycles. The number of nitrogens with one attached hydrogen (secondary N) is 1. The lowest BCUT2D eigenvalue weighted by molar-refractivity contribution is -0.127. The number of rotatable bonds is 9. The molecule has 1 aliphatic heterocycles. The second-order valence-corrected chi connectivity index (χ2v) is 6.03. The first-order valence-electron chi connectivity index (χ1n) is 7.81. The van der Waals surface area contributed by atoms with Crippen LogP contribution in [0.4, 0.5) is 0 Å². The van der Waals surface area contributed by atoms with E-state index in [4.69, 9.17) is 0 Å². The molecule has 1 heterocycles. The van der Waals surface area contributed by atoms with Gasteiger partial charge in [0.05, 0.1) is 6.04 Å². The van der Waals surface area contributed by atoms with Crippen molar-refractivity contribution in [2.24, 2.45) is 5.92 Å². The van der Waals surface area contributed by atoms with Crippen molar-refractivity contribution in [2.45, 2.75) is 52.5 Å². The van der Waals surface area contributed by atoms with Crippen molar-refractivity contribution in [2.75, 3.05) is 6.54 Å². The maximum Gasteiger partial charge on any atom is 0.251 e. The minimum atomic E-state index is -0.399. The van der Waals surface area contributed by atoms with Crippen molar-refractivity contribution in [3.63, 3.8) is 0 Å². The van der Waals surface area contributed by atoms with E-state index in [0.717, 1.165) is 25.0 Å². The van der Waals surface area contributed by atoms with Crippen LogP contribution >= 0.6 is 0 Å². The van der Waals surface area contributed by atoms with Crippen LogP contribution in [-0.2, 0) is 14.4 Å². The molecule has 0 saturated heterocycles. The molecule has 1 rings (SSSR count). The number of allylic oxidation sites excluding steroid dienone is 1. The predicted octanol–water partition coefficient (Wildman–Crippen LogP) is 2.19. The fourth-order valence-corrected chi connectivity index (χ4v) is 2.46. The van der Waals surface area contributed by atoms with Crippen molar-refractivity contribution >= 4 is 17.6 Å². The Labute approximate surface area is 132 Å². The Kier molecular flexibility index (Phi) is 7.02. The molecule has 0 bridgehead atoms. The lowest BCUT2D eigenvalue weighted by atomic mass is 10.0. The molecule has 1 unspecified atom stereocenters. The topological polar surface area (TPSA) is 66.5 Å². The third-order valence-corrected chi connectivity index (χ3v) is 3.74. The number of carbonyl (C=O) groups is 3. The monoisotopic (exact) mass is 306 g/mol. The van der Waals surface area contributed by atoms with E-state index in [-0.39, 0.29) is 23.5 Å². The van der Waals surface area contributed by atoms with Crippen molar-refractivity contribution in [1.29, 1.82) is 0 Å². The van der Waals surface area contributed by atoms with E-state index in [1.54, 1.807) is 11.0 Å². The van der Waals surface area contributed by atoms with E-state index < -0.39 is 6.04 Å². The van der Waals surface area contributed by atoms with Gasteiger partial charge in [-0.2, -0.15) is 0 Å². The van der Waals surface area contributed by atoms with Crippen LogP contribution in [0.1, 0.15) is 46.5 Å². The van der Waals surface area contributed by atoms with Gasteiger partial charge in [-0.25, -0.2) is 0 Å². The molecule has 0 radical (unpaired) electrons. The SMILES string of the molecule is C=C1C=CC(=O)N1CCCCCC(=O)NC(C(C)=O)C(C)C. The summed E-state index contributed by atoms with van der Waals surface area (Å²) in [6.07, 6.45) is 6.07.